The monoisotopic (exact) mass is 458 g/mol. The highest BCUT2D eigenvalue weighted by atomic mass is 32.2. The number of hydrogen-bond donors (Lipinski definition) is 2. The van der Waals surface area contributed by atoms with Crippen LogP contribution in [-0.2, 0) is 21.2 Å². The topological polar surface area (TPSA) is 124 Å². The fourth-order valence-electron chi connectivity index (χ4n) is 2.90. The van der Waals surface area contributed by atoms with Crippen LogP contribution in [0.5, 0.6) is 0 Å². The van der Waals surface area contributed by atoms with Crippen LogP contribution in [0.4, 0.5) is 11.5 Å². The number of nitrogens with one attached hydrogen (secondary N) is 1. The van der Waals surface area contributed by atoms with Crippen LogP contribution < -0.4 is 11.1 Å². The summed E-state index contributed by atoms with van der Waals surface area (Å²) in [4.78, 5) is 23.8. The third kappa shape index (κ3) is 4.80. The Morgan fingerprint density at radius 3 is 2.26 bits per heavy atom. The van der Waals surface area contributed by atoms with Crippen molar-refractivity contribution in [1.29, 1.82) is 0 Å². The number of Topliss-reactive ketones (excluding diaryl/α,β-unsaturated/α-hetero) is 1. The van der Waals surface area contributed by atoms with E-state index in [4.69, 9.17) is 5.73 Å². The molecule has 2 aromatic carbocycles. The summed E-state index contributed by atoms with van der Waals surface area (Å²) >= 11 is 1.14. The third-order valence-corrected chi connectivity index (χ3v) is 7.21. The number of amides is 1. The highest BCUT2D eigenvalue weighted by Gasteiger charge is 2.29. The second kappa shape index (κ2) is 8.94. The highest BCUT2D eigenvalue weighted by Crippen LogP contribution is 2.34. The molecule has 0 saturated heterocycles. The number of benzene rings is 2. The second-order valence-electron chi connectivity index (χ2n) is 6.88. The molecule has 0 saturated carbocycles. The smallest absolute Gasteiger partial charge is 0.246 e. The number of hydrogen-bond acceptors (Lipinski definition) is 7. The summed E-state index contributed by atoms with van der Waals surface area (Å²) in [6.45, 7) is 3.05. The van der Waals surface area contributed by atoms with E-state index < -0.39 is 15.7 Å². The molecule has 10 heteroatoms. The summed E-state index contributed by atoms with van der Waals surface area (Å²) in [5.74, 6) is -0.613. The summed E-state index contributed by atoms with van der Waals surface area (Å²) in [6.07, 6.45) is 1.69. The summed E-state index contributed by atoms with van der Waals surface area (Å²) in [6, 6.07) is 12.9. The number of carbonyl (C=O) groups excluding carboxylic acids is 2. The van der Waals surface area contributed by atoms with E-state index in [1.165, 1.54) is 23.7 Å². The van der Waals surface area contributed by atoms with Gasteiger partial charge >= 0.3 is 0 Å². The Kier molecular flexibility index (Phi) is 6.51. The Bertz CT molecular complexity index is 1230. The Balaban J connectivity index is 1.86. The SMILES string of the molecule is CSc1nn(CC(=O)Nc2ccc(C(C)=O)cc2)c(N)c1S(=O)(=O)c1ccc(C)cc1. The fourth-order valence-corrected chi connectivity index (χ4v) is 5.33. The molecular weight excluding hydrogens is 436 g/mol. The molecule has 0 unspecified atom stereocenters. The maximum atomic E-state index is 13.1. The number of carbonyl (C=O) groups is 2. The van der Waals surface area contributed by atoms with Gasteiger partial charge in [0.05, 0.1) is 4.90 Å². The summed E-state index contributed by atoms with van der Waals surface area (Å²) < 4.78 is 27.5. The molecule has 1 amide bonds. The Labute approximate surface area is 184 Å². The molecule has 0 radical (unpaired) electrons. The van der Waals surface area contributed by atoms with E-state index in [-0.39, 0.29) is 33.0 Å². The zero-order chi connectivity index (χ0) is 22.8. The number of sulfone groups is 1. The number of anilines is 2. The molecule has 0 spiro atoms. The predicted octanol–water partition coefficient (Wildman–Crippen LogP) is 3.17. The van der Waals surface area contributed by atoms with Crippen LogP contribution in [0.1, 0.15) is 22.8 Å². The van der Waals surface area contributed by atoms with Crippen molar-refractivity contribution in [2.24, 2.45) is 0 Å². The van der Waals surface area contributed by atoms with Crippen LogP contribution >= 0.6 is 11.8 Å². The lowest BCUT2D eigenvalue weighted by atomic mass is 10.1. The molecule has 1 heterocycles. The van der Waals surface area contributed by atoms with Crippen LogP contribution in [0.2, 0.25) is 0 Å². The number of nitrogen functional groups attached to an aromatic ring is 1. The van der Waals surface area contributed by atoms with Gasteiger partial charge in [-0.2, -0.15) is 5.10 Å². The average Bonchev–Trinajstić information content (AvgIpc) is 3.04. The molecule has 0 aliphatic rings. The molecule has 3 rings (SSSR count). The van der Waals surface area contributed by atoms with Crippen LogP contribution in [-0.4, -0.2) is 36.1 Å². The van der Waals surface area contributed by atoms with Gasteiger partial charge in [0.2, 0.25) is 15.7 Å². The highest BCUT2D eigenvalue weighted by molar-refractivity contribution is 7.99. The van der Waals surface area contributed by atoms with Crippen LogP contribution in [0.15, 0.2) is 63.3 Å². The van der Waals surface area contributed by atoms with Crippen molar-refractivity contribution >= 4 is 44.8 Å². The molecule has 0 aliphatic heterocycles. The van der Waals surface area contributed by atoms with Crippen molar-refractivity contribution in [1.82, 2.24) is 9.78 Å². The first-order valence-corrected chi connectivity index (χ1v) is 12.0. The molecule has 162 valence electrons. The maximum absolute atomic E-state index is 13.1. The molecule has 0 fully saturated rings. The largest absolute Gasteiger partial charge is 0.383 e. The first-order chi connectivity index (χ1) is 14.6. The minimum Gasteiger partial charge on any atom is -0.383 e. The summed E-state index contributed by atoms with van der Waals surface area (Å²) in [5, 5.41) is 7.13. The minimum atomic E-state index is -3.91. The van der Waals surface area contributed by atoms with Crippen molar-refractivity contribution < 1.29 is 18.0 Å². The number of aryl methyl sites for hydroxylation is 1. The number of ketones is 1. The lowest BCUT2D eigenvalue weighted by molar-refractivity contribution is -0.116. The first kappa shape index (κ1) is 22.6. The van der Waals surface area contributed by atoms with E-state index >= 15 is 0 Å². The quantitative estimate of drug-likeness (QED) is 0.412. The van der Waals surface area contributed by atoms with Gasteiger partial charge in [-0.3, -0.25) is 9.59 Å². The number of thioether (sulfide) groups is 1. The van der Waals surface area contributed by atoms with E-state index in [1.807, 2.05) is 6.92 Å². The van der Waals surface area contributed by atoms with Gasteiger partial charge in [-0.15, -0.1) is 11.8 Å². The molecule has 0 aliphatic carbocycles. The van der Waals surface area contributed by atoms with Gasteiger partial charge in [-0.25, -0.2) is 13.1 Å². The van der Waals surface area contributed by atoms with Gasteiger partial charge in [0, 0.05) is 11.3 Å². The third-order valence-electron chi connectivity index (χ3n) is 4.58. The molecular formula is C21H22N4O4S2. The number of rotatable bonds is 7. The standard InChI is InChI=1S/C21H22N4O4S2/c1-13-4-10-17(11-5-13)31(28,29)19-20(22)25(24-21(19)30-3)12-18(27)23-16-8-6-15(7-9-16)14(2)26/h4-11H,12,22H2,1-3H3,(H,23,27). The zero-order valence-electron chi connectivity index (χ0n) is 17.2. The minimum absolute atomic E-state index is 0.0749. The van der Waals surface area contributed by atoms with E-state index in [9.17, 15) is 18.0 Å². The predicted molar refractivity (Wildman–Crippen MR) is 120 cm³/mol. The van der Waals surface area contributed by atoms with Crippen LogP contribution in [0, 0.1) is 6.92 Å². The number of aromatic nitrogens is 2. The molecule has 3 N–H and O–H groups in total. The van der Waals surface area contributed by atoms with E-state index in [1.54, 1.807) is 42.7 Å². The molecule has 1 aromatic heterocycles. The van der Waals surface area contributed by atoms with Crippen LogP contribution in [0.25, 0.3) is 0 Å². The van der Waals surface area contributed by atoms with Crippen molar-refractivity contribution in [3.63, 3.8) is 0 Å². The summed E-state index contributed by atoms with van der Waals surface area (Å²) in [5.41, 5.74) is 8.08. The van der Waals surface area contributed by atoms with E-state index in [2.05, 4.69) is 10.4 Å². The Hall–Kier alpha value is -3.11. The average molecular weight is 459 g/mol. The van der Waals surface area contributed by atoms with Crippen molar-refractivity contribution in [3.05, 3.63) is 59.7 Å². The zero-order valence-corrected chi connectivity index (χ0v) is 18.9. The fraction of sp³-hybridized carbons (Fsp3) is 0.190. The molecule has 0 atom stereocenters. The Morgan fingerprint density at radius 2 is 1.71 bits per heavy atom. The number of nitrogens with two attached hydrogens (primary N) is 1. The van der Waals surface area contributed by atoms with E-state index in [0.717, 1.165) is 17.3 Å². The van der Waals surface area contributed by atoms with E-state index in [0.29, 0.717) is 11.3 Å². The first-order valence-electron chi connectivity index (χ1n) is 9.26. The molecule has 31 heavy (non-hydrogen) atoms. The van der Waals surface area contributed by atoms with Gasteiger partial charge in [-0.1, -0.05) is 17.7 Å². The molecule has 8 nitrogen and oxygen atoms in total. The summed E-state index contributed by atoms with van der Waals surface area (Å²) in [7, 11) is -3.91. The van der Waals surface area contributed by atoms with Gasteiger partial charge in [0.1, 0.15) is 22.3 Å². The second-order valence-corrected chi connectivity index (χ2v) is 9.56. The van der Waals surface area contributed by atoms with Gasteiger partial charge in [-0.05, 0) is 56.5 Å². The van der Waals surface area contributed by atoms with Crippen molar-refractivity contribution in [2.75, 3.05) is 17.3 Å². The lowest BCUT2D eigenvalue weighted by Gasteiger charge is -2.08. The molecule has 3 aromatic rings. The normalized spacial score (nSPS) is 11.3. The Morgan fingerprint density at radius 1 is 1.10 bits per heavy atom. The van der Waals surface area contributed by atoms with Crippen molar-refractivity contribution in [3.8, 4) is 0 Å². The molecule has 0 bridgehead atoms. The van der Waals surface area contributed by atoms with Gasteiger partial charge in [0.25, 0.3) is 0 Å². The van der Waals surface area contributed by atoms with Crippen molar-refractivity contribution in [2.45, 2.75) is 35.2 Å². The lowest BCUT2D eigenvalue weighted by Crippen LogP contribution is -2.21. The van der Waals surface area contributed by atoms with Gasteiger partial charge < -0.3 is 11.1 Å². The van der Waals surface area contributed by atoms with Gasteiger partial charge in [0.15, 0.2) is 5.78 Å². The number of nitrogens with zero attached hydrogens (tertiary/aromatic N) is 2. The van der Waals surface area contributed by atoms with Crippen LogP contribution in [0.3, 0.4) is 0 Å². The maximum Gasteiger partial charge on any atom is 0.246 e.